The van der Waals surface area contributed by atoms with Crippen LogP contribution in [-0.2, 0) is 0 Å². The van der Waals surface area contributed by atoms with Crippen molar-refractivity contribution in [2.75, 3.05) is 58.7 Å². The van der Waals surface area contributed by atoms with Crippen molar-refractivity contribution in [2.24, 2.45) is 5.92 Å². The highest BCUT2D eigenvalue weighted by molar-refractivity contribution is 6.05. The van der Waals surface area contributed by atoms with E-state index in [9.17, 15) is 0 Å². The van der Waals surface area contributed by atoms with Crippen molar-refractivity contribution in [1.82, 2.24) is 19.8 Å². The largest absolute Gasteiger partial charge is 0.492 e. The molecule has 0 unspecified atom stereocenters. The molecule has 0 spiro atoms. The van der Waals surface area contributed by atoms with Gasteiger partial charge >= 0.3 is 0 Å². The van der Waals surface area contributed by atoms with Gasteiger partial charge in [-0.15, -0.1) is 0 Å². The fourth-order valence-corrected chi connectivity index (χ4v) is 4.95. The monoisotopic (exact) mass is 499 g/mol. The molecule has 1 aliphatic heterocycles. The third-order valence-electron chi connectivity index (χ3n) is 7.19. The fraction of sp³-hybridized carbons (Fsp3) is 0.400. The van der Waals surface area contributed by atoms with E-state index in [1.165, 1.54) is 25.9 Å². The van der Waals surface area contributed by atoms with E-state index in [2.05, 4.69) is 68.4 Å². The Kier molecular flexibility index (Phi) is 8.02. The summed E-state index contributed by atoms with van der Waals surface area (Å²) >= 11 is 0. The summed E-state index contributed by atoms with van der Waals surface area (Å²) < 4.78 is 12.3. The Bertz CT molecular complexity index is 1280. The summed E-state index contributed by atoms with van der Waals surface area (Å²) in [6, 6.07) is 18.5. The van der Waals surface area contributed by atoms with Crippen LogP contribution in [0.5, 0.6) is 5.75 Å². The maximum Gasteiger partial charge on any atom is 0.232 e. The fourth-order valence-electron chi connectivity index (χ4n) is 4.95. The van der Waals surface area contributed by atoms with E-state index < -0.39 is 0 Å². The van der Waals surface area contributed by atoms with Crippen LogP contribution < -0.4 is 10.1 Å². The third-order valence-corrected chi connectivity index (χ3v) is 7.19. The zero-order valence-corrected chi connectivity index (χ0v) is 22.1. The maximum atomic E-state index is 6.41. The molecule has 2 aromatic heterocycles. The Morgan fingerprint density at radius 3 is 2.46 bits per heavy atom. The average Bonchev–Trinajstić information content (AvgIpc) is 3.33. The molecule has 0 saturated carbocycles. The normalized spacial score (nSPS) is 14.9. The number of likely N-dealkylation sites (tertiary alicyclic amines) is 1. The number of ether oxygens (including phenoxy) is 1. The second kappa shape index (κ2) is 11.8. The van der Waals surface area contributed by atoms with E-state index in [4.69, 9.17) is 9.15 Å². The van der Waals surface area contributed by atoms with Crippen LogP contribution in [0.25, 0.3) is 33.6 Å². The standard InChI is InChI=1S/C30H37N5O2/c1-4-35-16-14-22(15-17-35)20-31-29-27-26(23-8-6-5-7-9-23)28(37-30(27)33-21-32-29)24-10-12-25(13-11-24)36-19-18-34(2)3/h5-13,21-22H,4,14-20H2,1-3H3,(H,31,32,33). The van der Waals surface area contributed by atoms with Gasteiger partial charge in [0.1, 0.15) is 30.3 Å². The van der Waals surface area contributed by atoms with Crippen LogP contribution in [0.1, 0.15) is 19.8 Å². The van der Waals surface area contributed by atoms with Gasteiger partial charge in [0.2, 0.25) is 5.71 Å². The first-order valence-corrected chi connectivity index (χ1v) is 13.3. The van der Waals surface area contributed by atoms with Gasteiger partial charge in [-0.3, -0.25) is 0 Å². The molecule has 2 aromatic carbocycles. The molecule has 1 N–H and O–H groups in total. The summed E-state index contributed by atoms with van der Waals surface area (Å²) in [5.74, 6) is 3.11. The molecule has 1 aliphatic rings. The van der Waals surface area contributed by atoms with Crippen molar-refractivity contribution in [3.8, 4) is 28.2 Å². The quantitative estimate of drug-likeness (QED) is 0.303. The molecule has 0 atom stereocenters. The van der Waals surface area contributed by atoms with Gasteiger partial charge < -0.3 is 24.3 Å². The van der Waals surface area contributed by atoms with E-state index in [1.54, 1.807) is 6.33 Å². The molecular formula is C30H37N5O2. The predicted molar refractivity (Wildman–Crippen MR) is 150 cm³/mol. The number of nitrogens with one attached hydrogen (secondary N) is 1. The Morgan fingerprint density at radius 1 is 1.00 bits per heavy atom. The smallest absolute Gasteiger partial charge is 0.232 e. The SMILES string of the molecule is CCN1CCC(CNc2ncnc3oc(-c4ccc(OCCN(C)C)cc4)c(-c4ccccc4)c23)CC1. The first kappa shape index (κ1) is 25.2. The molecule has 7 heteroatoms. The van der Waals surface area contributed by atoms with Crippen molar-refractivity contribution in [1.29, 1.82) is 0 Å². The van der Waals surface area contributed by atoms with Crippen molar-refractivity contribution in [3.05, 3.63) is 60.9 Å². The molecule has 194 valence electrons. The number of piperidine rings is 1. The van der Waals surface area contributed by atoms with Gasteiger partial charge in [-0.05, 0) is 82.3 Å². The van der Waals surface area contributed by atoms with Crippen LogP contribution in [0.3, 0.4) is 0 Å². The number of aromatic nitrogens is 2. The number of anilines is 1. The zero-order valence-electron chi connectivity index (χ0n) is 22.1. The lowest BCUT2D eigenvalue weighted by Gasteiger charge is -2.31. The predicted octanol–water partition coefficient (Wildman–Crippen LogP) is 5.64. The molecule has 1 saturated heterocycles. The lowest BCUT2D eigenvalue weighted by Crippen LogP contribution is -2.35. The van der Waals surface area contributed by atoms with Gasteiger partial charge in [0.25, 0.3) is 0 Å². The third kappa shape index (κ3) is 5.95. The number of likely N-dealkylation sites (N-methyl/N-ethyl adjacent to an activating group) is 1. The summed E-state index contributed by atoms with van der Waals surface area (Å²) in [7, 11) is 4.08. The molecule has 7 nitrogen and oxygen atoms in total. The molecule has 0 aliphatic carbocycles. The Hall–Kier alpha value is -3.42. The number of benzene rings is 2. The van der Waals surface area contributed by atoms with Gasteiger partial charge in [-0.2, -0.15) is 0 Å². The second-order valence-electron chi connectivity index (χ2n) is 10.0. The van der Waals surface area contributed by atoms with Crippen molar-refractivity contribution < 1.29 is 9.15 Å². The first-order chi connectivity index (χ1) is 18.1. The van der Waals surface area contributed by atoms with E-state index in [-0.39, 0.29) is 0 Å². The molecular weight excluding hydrogens is 462 g/mol. The van der Waals surface area contributed by atoms with E-state index >= 15 is 0 Å². The highest BCUT2D eigenvalue weighted by Crippen LogP contribution is 2.42. The lowest BCUT2D eigenvalue weighted by atomic mass is 9.96. The summed E-state index contributed by atoms with van der Waals surface area (Å²) in [5, 5.41) is 4.58. The van der Waals surface area contributed by atoms with Gasteiger partial charge in [-0.1, -0.05) is 37.3 Å². The number of furan rings is 1. The summed E-state index contributed by atoms with van der Waals surface area (Å²) in [5.41, 5.74) is 3.67. The van der Waals surface area contributed by atoms with Crippen molar-refractivity contribution in [3.63, 3.8) is 0 Å². The Morgan fingerprint density at radius 2 is 1.76 bits per heavy atom. The first-order valence-electron chi connectivity index (χ1n) is 13.3. The Balaban J connectivity index is 1.45. The number of nitrogens with zero attached hydrogens (tertiary/aromatic N) is 4. The van der Waals surface area contributed by atoms with Crippen LogP contribution in [0.15, 0.2) is 65.3 Å². The summed E-state index contributed by atoms with van der Waals surface area (Å²) in [4.78, 5) is 13.8. The molecule has 4 aromatic rings. The molecule has 5 rings (SSSR count). The van der Waals surface area contributed by atoms with E-state index in [0.29, 0.717) is 18.2 Å². The molecule has 37 heavy (non-hydrogen) atoms. The number of fused-ring (bicyclic) bond motifs is 1. The van der Waals surface area contributed by atoms with Gasteiger partial charge in [0.05, 0.1) is 5.39 Å². The van der Waals surface area contributed by atoms with Gasteiger partial charge in [0.15, 0.2) is 0 Å². The molecule has 1 fully saturated rings. The molecule has 0 radical (unpaired) electrons. The minimum atomic E-state index is 0.596. The minimum Gasteiger partial charge on any atom is -0.492 e. The van der Waals surface area contributed by atoms with Gasteiger partial charge in [-0.25, -0.2) is 9.97 Å². The van der Waals surface area contributed by atoms with Crippen LogP contribution in [-0.4, -0.2) is 73.2 Å². The zero-order chi connectivity index (χ0) is 25.6. The van der Waals surface area contributed by atoms with Gasteiger partial charge in [0, 0.05) is 24.2 Å². The molecule has 0 bridgehead atoms. The molecule has 3 heterocycles. The second-order valence-corrected chi connectivity index (χ2v) is 10.0. The van der Waals surface area contributed by atoms with Crippen LogP contribution in [0.4, 0.5) is 5.82 Å². The van der Waals surface area contributed by atoms with Crippen LogP contribution in [0, 0.1) is 5.92 Å². The summed E-state index contributed by atoms with van der Waals surface area (Å²) in [6.45, 7) is 8.13. The number of rotatable bonds is 10. The minimum absolute atomic E-state index is 0.596. The highest BCUT2D eigenvalue weighted by Gasteiger charge is 2.23. The summed E-state index contributed by atoms with van der Waals surface area (Å²) in [6.07, 6.45) is 4.01. The maximum absolute atomic E-state index is 6.41. The number of hydrogen-bond donors (Lipinski definition) is 1. The van der Waals surface area contributed by atoms with Crippen LogP contribution in [0.2, 0.25) is 0 Å². The topological polar surface area (TPSA) is 66.7 Å². The van der Waals surface area contributed by atoms with Crippen LogP contribution >= 0.6 is 0 Å². The highest BCUT2D eigenvalue weighted by atomic mass is 16.5. The Labute approximate surface area is 219 Å². The van der Waals surface area contributed by atoms with E-state index in [0.717, 1.165) is 59.0 Å². The number of hydrogen-bond acceptors (Lipinski definition) is 7. The van der Waals surface area contributed by atoms with E-state index in [1.807, 2.05) is 32.3 Å². The lowest BCUT2D eigenvalue weighted by molar-refractivity contribution is 0.198. The van der Waals surface area contributed by atoms with Crippen molar-refractivity contribution in [2.45, 2.75) is 19.8 Å². The molecule has 0 amide bonds. The van der Waals surface area contributed by atoms with Crippen molar-refractivity contribution >= 4 is 16.9 Å². The average molecular weight is 500 g/mol.